The third-order valence-corrected chi connectivity index (χ3v) is 6.52. The van der Waals surface area contributed by atoms with Crippen LogP contribution in [0.4, 0.5) is 5.69 Å². The molecule has 0 radical (unpaired) electrons. The van der Waals surface area contributed by atoms with Crippen LogP contribution in [0.15, 0.2) is 77.3 Å². The predicted molar refractivity (Wildman–Crippen MR) is 155 cm³/mol. The number of methoxy groups -OCH3 is 1. The molecule has 212 valence electrons. The molecule has 11 heteroatoms. The van der Waals surface area contributed by atoms with Crippen LogP contribution in [0, 0.1) is 0 Å². The van der Waals surface area contributed by atoms with E-state index in [1.165, 1.54) is 23.1 Å². The maximum absolute atomic E-state index is 13.6. The number of ether oxygens (including phenoxy) is 2. The van der Waals surface area contributed by atoms with Gasteiger partial charge in [0.1, 0.15) is 5.75 Å². The lowest BCUT2D eigenvalue weighted by Gasteiger charge is -2.22. The van der Waals surface area contributed by atoms with Crippen molar-refractivity contribution in [3.8, 4) is 5.75 Å². The van der Waals surface area contributed by atoms with Crippen molar-refractivity contribution in [2.24, 2.45) is 0 Å². The molecule has 0 aliphatic rings. The highest BCUT2D eigenvalue weighted by molar-refractivity contribution is 6.37. The molecule has 9 nitrogen and oxygen atoms in total. The van der Waals surface area contributed by atoms with Crippen LogP contribution >= 0.6 is 23.2 Å². The van der Waals surface area contributed by atoms with E-state index in [1.54, 1.807) is 49.6 Å². The summed E-state index contributed by atoms with van der Waals surface area (Å²) in [6.07, 6.45) is 0.701. The van der Waals surface area contributed by atoms with Crippen molar-refractivity contribution in [1.29, 1.82) is 0 Å². The van der Waals surface area contributed by atoms with E-state index in [0.29, 0.717) is 35.1 Å². The second kappa shape index (κ2) is 13.8. The van der Waals surface area contributed by atoms with Gasteiger partial charge in [0, 0.05) is 23.3 Å². The number of nitrogens with zero attached hydrogens (tertiary/aromatic N) is 2. The summed E-state index contributed by atoms with van der Waals surface area (Å²) in [4.78, 5) is 40.0. The Morgan fingerprint density at radius 3 is 2.37 bits per heavy atom. The van der Waals surface area contributed by atoms with Crippen molar-refractivity contribution in [2.75, 3.05) is 18.6 Å². The highest BCUT2D eigenvalue weighted by Gasteiger charge is 2.24. The van der Waals surface area contributed by atoms with Gasteiger partial charge in [0.05, 0.1) is 36.4 Å². The highest BCUT2D eigenvalue weighted by atomic mass is 35.5. The van der Waals surface area contributed by atoms with Crippen molar-refractivity contribution in [3.05, 3.63) is 111 Å². The topological polar surface area (TPSA) is 111 Å². The molecule has 1 aromatic heterocycles. The molecule has 0 saturated carbocycles. The van der Waals surface area contributed by atoms with Crippen molar-refractivity contribution >= 4 is 46.7 Å². The summed E-state index contributed by atoms with van der Waals surface area (Å²) in [5.74, 6) is -0.382. The summed E-state index contributed by atoms with van der Waals surface area (Å²) in [7, 11) is 1.58. The molecule has 0 aliphatic heterocycles. The third-order valence-electron chi connectivity index (χ3n) is 5.98. The number of carbonyl (C=O) groups excluding carboxylic acids is 3. The monoisotopic (exact) mass is 595 g/mol. The minimum Gasteiger partial charge on any atom is -0.497 e. The Morgan fingerprint density at radius 2 is 1.71 bits per heavy atom. The first kappa shape index (κ1) is 29.6. The highest BCUT2D eigenvalue weighted by Crippen LogP contribution is 2.27. The number of hydrogen-bond donors (Lipinski definition) is 1. The summed E-state index contributed by atoms with van der Waals surface area (Å²) in [5, 5.41) is 7.22. The molecule has 3 aromatic carbocycles. The van der Waals surface area contributed by atoms with Gasteiger partial charge in [-0.2, -0.15) is 0 Å². The SMILES string of the molecule is CCCOC(=O)c1ccc(N(Cc2cc(C(=O)NCc3ccc(OC)cc3)no2)C(=O)c2ccc(Cl)cc2Cl)cc1. The van der Waals surface area contributed by atoms with Crippen LogP contribution in [0.25, 0.3) is 0 Å². The maximum Gasteiger partial charge on any atom is 0.338 e. The fraction of sp³-hybridized carbons (Fsp3) is 0.200. The Kier molecular flexibility index (Phi) is 10.00. The van der Waals surface area contributed by atoms with Gasteiger partial charge in [-0.15, -0.1) is 0 Å². The Hall–Kier alpha value is -4.34. The zero-order valence-electron chi connectivity index (χ0n) is 22.4. The first-order valence-electron chi connectivity index (χ1n) is 12.7. The second-order valence-corrected chi connectivity index (χ2v) is 9.75. The van der Waals surface area contributed by atoms with Gasteiger partial charge in [0.15, 0.2) is 11.5 Å². The zero-order chi connectivity index (χ0) is 29.4. The van der Waals surface area contributed by atoms with Crippen LogP contribution in [0.2, 0.25) is 10.0 Å². The van der Waals surface area contributed by atoms with E-state index in [2.05, 4.69) is 10.5 Å². The number of nitrogens with one attached hydrogen (secondary N) is 1. The molecule has 4 aromatic rings. The van der Waals surface area contributed by atoms with Crippen molar-refractivity contribution in [1.82, 2.24) is 10.5 Å². The number of anilines is 1. The molecule has 0 bridgehead atoms. The quantitative estimate of drug-likeness (QED) is 0.201. The Bertz CT molecular complexity index is 1520. The van der Waals surface area contributed by atoms with Gasteiger partial charge in [0.25, 0.3) is 11.8 Å². The van der Waals surface area contributed by atoms with Crippen LogP contribution in [0.5, 0.6) is 5.75 Å². The van der Waals surface area contributed by atoms with E-state index in [9.17, 15) is 14.4 Å². The van der Waals surface area contributed by atoms with Crippen molar-refractivity contribution in [3.63, 3.8) is 0 Å². The van der Waals surface area contributed by atoms with Crippen LogP contribution in [-0.2, 0) is 17.8 Å². The number of aromatic nitrogens is 1. The fourth-order valence-electron chi connectivity index (χ4n) is 3.81. The van der Waals surface area contributed by atoms with Gasteiger partial charge in [-0.1, -0.05) is 47.4 Å². The molecular formula is C30H27Cl2N3O6. The average molecular weight is 596 g/mol. The van der Waals surface area contributed by atoms with E-state index in [4.69, 9.17) is 37.2 Å². The van der Waals surface area contributed by atoms with Crippen molar-refractivity contribution < 1.29 is 28.4 Å². The van der Waals surface area contributed by atoms with Crippen LogP contribution in [0.1, 0.15) is 55.9 Å². The maximum atomic E-state index is 13.6. The number of hydrogen-bond acceptors (Lipinski definition) is 7. The number of carbonyl (C=O) groups is 3. The molecule has 0 atom stereocenters. The van der Waals surface area contributed by atoms with E-state index in [0.717, 1.165) is 5.56 Å². The molecule has 0 aliphatic carbocycles. The van der Waals surface area contributed by atoms with E-state index in [-0.39, 0.29) is 35.1 Å². The van der Waals surface area contributed by atoms with Crippen LogP contribution in [0.3, 0.4) is 0 Å². The lowest BCUT2D eigenvalue weighted by atomic mass is 10.1. The minimum atomic E-state index is -0.461. The minimum absolute atomic E-state index is 0.0550. The molecule has 1 N–H and O–H groups in total. The molecule has 0 unspecified atom stereocenters. The summed E-state index contributed by atoms with van der Waals surface area (Å²) < 4.78 is 15.7. The number of amides is 2. The molecule has 0 fully saturated rings. The summed E-state index contributed by atoms with van der Waals surface area (Å²) in [5.41, 5.74) is 1.94. The van der Waals surface area contributed by atoms with Gasteiger partial charge in [0.2, 0.25) is 0 Å². The number of rotatable bonds is 11. The third kappa shape index (κ3) is 7.65. The van der Waals surface area contributed by atoms with Gasteiger partial charge in [-0.05, 0) is 66.6 Å². The summed E-state index contributed by atoms with van der Waals surface area (Å²) in [6.45, 7) is 2.41. The second-order valence-electron chi connectivity index (χ2n) is 8.91. The lowest BCUT2D eigenvalue weighted by Crippen LogP contribution is -2.30. The van der Waals surface area contributed by atoms with E-state index >= 15 is 0 Å². The zero-order valence-corrected chi connectivity index (χ0v) is 23.9. The smallest absolute Gasteiger partial charge is 0.338 e. The van der Waals surface area contributed by atoms with Crippen molar-refractivity contribution in [2.45, 2.75) is 26.4 Å². The first-order chi connectivity index (χ1) is 19.8. The molecule has 4 rings (SSSR count). The predicted octanol–water partition coefficient (Wildman–Crippen LogP) is 6.33. The first-order valence-corrected chi connectivity index (χ1v) is 13.5. The van der Waals surface area contributed by atoms with E-state index in [1.807, 2.05) is 19.1 Å². The molecule has 1 heterocycles. The molecule has 0 spiro atoms. The number of halogens is 2. The number of esters is 1. The normalized spacial score (nSPS) is 10.6. The van der Waals surface area contributed by atoms with Gasteiger partial charge < -0.3 is 24.2 Å². The van der Waals surface area contributed by atoms with Gasteiger partial charge in [-0.3, -0.25) is 9.59 Å². The molecule has 2 amide bonds. The average Bonchev–Trinajstić information content (AvgIpc) is 3.46. The summed E-state index contributed by atoms with van der Waals surface area (Å²) >= 11 is 12.4. The Labute approximate surface area is 246 Å². The standard InChI is InChI=1S/C30H27Cl2N3O6/c1-3-14-40-30(38)20-6-9-22(10-7-20)35(29(37)25-13-8-21(31)15-26(25)32)18-24-16-27(34-41-24)28(36)33-17-19-4-11-23(39-2)12-5-19/h4-13,15-16H,3,14,17-18H2,1-2H3,(H,33,36). The largest absolute Gasteiger partial charge is 0.497 e. The Morgan fingerprint density at radius 1 is 0.976 bits per heavy atom. The van der Waals surface area contributed by atoms with Crippen LogP contribution < -0.4 is 15.0 Å². The Balaban J connectivity index is 1.53. The van der Waals surface area contributed by atoms with E-state index < -0.39 is 17.8 Å². The lowest BCUT2D eigenvalue weighted by molar-refractivity contribution is 0.0505. The summed E-state index contributed by atoms with van der Waals surface area (Å²) in [6, 6.07) is 19.7. The number of benzene rings is 3. The molecule has 41 heavy (non-hydrogen) atoms. The van der Waals surface area contributed by atoms with Gasteiger partial charge >= 0.3 is 5.97 Å². The fourth-order valence-corrected chi connectivity index (χ4v) is 4.30. The molecule has 0 saturated heterocycles. The molecular weight excluding hydrogens is 569 g/mol. The van der Waals surface area contributed by atoms with Gasteiger partial charge in [-0.25, -0.2) is 4.79 Å². The van der Waals surface area contributed by atoms with Crippen LogP contribution in [-0.4, -0.2) is 36.7 Å².